The van der Waals surface area contributed by atoms with Crippen LogP contribution in [0.4, 0.5) is 0 Å². The number of halogens is 1. The Bertz CT molecular complexity index is 671. The maximum atomic E-state index is 12.2. The SMILES string of the molecule is CC(Sc1nncn1C1CC1)C(=O)NCc1ccccc1Cl. The first-order valence-corrected chi connectivity index (χ1v) is 8.48. The molecule has 0 spiro atoms. The molecule has 1 saturated carbocycles. The van der Waals surface area contributed by atoms with Crippen molar-refractivity contribution in [2.24, 2.45) is 0 Å². The van der Waals surface area contributed by atoms with Crippen LogP contribution in [0.1, 0.15) is 31.4 Å². The van der Waals surface area contributed by atoms with Crippen molar-refractivity contribution in [2.45, 2.75) is 42.8 Å². The van der Waals surface area contributed by atoms with Gasteiger partial charge in [-0.05, 0) is 31.4 Å². The van der Waals surface area contributed by atoms with Crippen LogP contribution in [0.2, 0.25) is 5.02 Å². The van der Waals surface area contributed by atoms with Gasteiger partial charge in [-0.3, -0.25) is 4.79 Å². The fourth-order valence-electron chi connectivity index (χ4n) is 2.10. The maximum absolute atomic E-state index is 12.2. The average Bonchev–Trinajstić information content (AvgIpc) is 3.26. The molecule has 1 heterocycles. The molecule has 1 aromatic heterocycles. The van der Waals surface area contributed by atoms with Crippen molar-refractivity contribution in [3.8, 4) is 0 Å². The van der Waals surface area contributed by atoms with E-state index >= 15 is 0 Å². The molecule has 1 unspecified atom stereocenters. The van der Waals surface area contributed by atoms with Gasteiger partial charge in [0.1, 0.15) is 6.33 Å². The Morgan fingerprint density at radius 2 is 2.27 bits per heavy atom. The number of nitrogens with one attached hydrogen (secondary N) is 1. The van der Waals surface area contributed by atoms with E-state index in [4.69, 9.17) is 11.6 Å². The number of rotatable bonds is 6. The average molecular weight is 337 g/mol. The van der Waals surface area contributed by atoms with E-state index in [1.807, 2.05) is 31.2 Å². The van der Waals surface area contributed by atoms with Crippen LogP contribution in [0.15, 0.2) is 35.7 Å². The molecule has 1 N–H and O–H groups in total. The predicted molar refractivity (Wildman–Crippen MR) is 86.9 cm³/mol. The fraction of sp³-hybridized carbons (Fsp3) is 0.400. The van der Waals surface area contributed by atoms with Gasteiger partial charge in [-0.1, -0.05) is 41.6 Å². The molecule has 3 rings (SSSR count). The van der Waals surface area contributed by atoms with Crippen LogP contribution in [0.3, 0.4) is 0 Å². The number of hydrogen-bond acceptors (Lipinski definition) is 4. The molecule has 1 aliphatic rings. The van der Waals surface area contributed by atoms with Crippen LogP contribution in [-0.2, 0) is 11.3 Å². The Labute approximate surface area is 138 Å². The Morgan fingerprint density at radius 1 is 1.50 bits per heavy atom. The summed E-state index contributed by atoms with van der Waals surface area (Å²) in [4.78, 5) is 12.2. The number of carbonyl (C=O) groups excluding carboxylic acids is 1. The highest BCUT2D eigenvalue weighted by atomic mass is 35.5. The summed E-state index contributed by atoms with van der Waals surface area (Å²) in [6, 6.07) is 8.01. The van der Waals surface area contributed by atoms with Gasteiger partial charge in [0.15, 0.2) is 5.16 Å². The Kier molecular flexibility index (Phi) is 4.69. The number of carbonyl (C=O) groups is 1. The third-order valence-corrected chi connectivity index (χ3v) is 4.98. The van der Waals surface area contributed by atoms with Crippen molar-refractivity contribution < 1.29 is 4.79 Å². The van der Waals surface area contributed by atoms with Gasteiger partial charge >= 0.3 is 0 Å². The molecular weight excluding hydrogens is 320 g/mol. The minimum atomic E-state index is -0.232. The smallest absolute Gasteiger partial charge is 0.233 e. The Hall–Kier alpha value is -1.53. The Morgan fingerprint density at radius 3 is 3.00 bits per heavy atom. The first kappa shape index (κ1) is 15.4. The molecule has 0 radical (unpaired) electrons. The zero-order chi connectivity index (χ0) is 15.5. The lowest BCUT2D eigenvalue weighted by Crippen LogP contribution is -2.30. The van der Waals surface area contributed by atoms with Crippen LogP contribution < -0.4 is 5.32 Å². The molecule has 0 bridgehead atoms. The van der Waals surface area contributed by atoms with Gasteiger partial charge in [0, 0.05) is 17.6 Å². The van der Waals surface area contributed by atoms with E-state index < -0.39 is 0 Å². The van der Waals surface area contributed by atoms with Crippen LogP contribution in [0.5, 0.6) is 0 Å². The summed E-state index contributed by atoms with van der Waals surface area (Å²) in [7, 11) is 0. The maximum Gasteiger partial charge on any atom is 0.233 e. The summed E-state index contributed by atoms with van der Waals surface area (Å²) in [5.74, 6) is -0.0322. The zero-order valence-corrected chi connectivity index (χ0v) is 13.8. The van der Waals surface area contributed by atoms with Crippen LogP contribution >= 0.6 is 23.4 Å². The van der Waals surface area contributed by atoms with Crippen molar-refractivity contribution in [2.75, 3.05) is 0 Å². The second kappa shape index (κ2) is 6.71. The van der Waals surface area contributed by atoms with Gasteiger partial charge in [-0.25, -0.2) is 0 Å². The van der Waals surface area contributed by atoms with Crippen LogP contribution in [0, 0.1) is 0 Å². The molecule has 116 valence electrons. The van der Waals surface area contributed by atoms with Crippen molar-refractivity contribution >= 4 is 29.3 Å². The number of benzene rings is 1. The molecule has 1 fully saturated rings. The molecule has 1 amide bonds. The summed E-state index contributed by atoms with van der Waals surface area (Å²) in [5.41, 5.74) is 0.913. The highest BCUT2D eigenvalue weighted by Crippen LogP contribution is 2.37. The second-order valence-electron chi connectivity index (χ2n) is 5.32. The summed E-state index contributed by atoms with van der Waals surface area (Å²) in [6.07, 6.45) is 4.08. The number of hydrogen-bond donors (Lipinski definition) is 1. The molecule has 1 aromatic carbocycles. The van der Waals surface area contributed by atoms with Crippen molar-refractivity contribution in [1.82, 2.24) is 20.1 Å². The standard InChI is InChI=1S/C15H17ClN4OS/c1-10(22-15-19-18-9-20(15)12-6-7-12)14(21)17-8-11-4-2-3-5-13(11)16/h2-5,9-10,12H,6-8H2,1H3,(H,17,21). The lowest BCUT2D eigenvalue weighted by atomic mass is 10.2. The van der Waals surface area contributed by atoms with E-state index in [0.29, 0.717) is 17.6 Å². The number of aromatic nitrogens is 3. The summed E-state index contributed by atoms with van der Waals surface area (Å²) >= 11 is 7.52. The fourth-order valence-corrected chi connectivity index (χ4v) is 3.22. The summed E-state index contributed by atoms with van der Waals surface area (Å²) in [6.45, 7) is 2.30. The van der Waals surface area contributed by atoms with Crippen molar-refractivity contribution in [3.05, 3.63) is 41.2 Å². The minimum absolute atomic E-state index is 0.0322. The quantitative estimate of drug-likeness (QED) is 0.824. The minimum Gasteiger partial charge on any atom is -0.351 e. The molecule has 0 aliphatic heterocycles. The molecule has 22 heavy (non-hydrogen) atoms. The third-order valence-electron chi connectivity index (χ3n) is 3.54. The lowest BCUT2D eigenvalue weighted by molar-refractivity contribution is -0.120. The van der Waals surface area contributed by atoms with E-state index in [1.165, 1.54) is 24.6 Å². The van der Waals surface area contributed by atoms with Gasteiger partial charge in [0.25, 0.3) is 0 Å². The van der Waals surface area contributed by atoms with E-state index in [9.17, 15) is 4.79 Å². The number of thioether (sulfide) groups is 1. The van der Waals surface area contributed by atoms with E-state index in [1.54, 1.807) is 6.33 Å². The Balaban J connectivity index is 1.55. The molecule has 0 saturated heterocycles. The topological polar surface area (TPSA) is 59.8 Å². The molecule has 5 nitrogen and oxygen atoms in total. The van der Waals surface area contributed by atoms with Gasteiger partial charge in [-0.2, -0.15) is 0 Å². The highest BCUT2D eigenvalue weighted by Gasteiger charge is 2.27. The highest BCUT2D eigenvalue weighted by molar-refractivity contribution is 8.00. The van der Waals surface area contributed by atoms with Gasteiger partial charge in [-0.15, -0.1) is 10.2 Å². The largest absolute Gasteiger partial charge is 0.351 e. The van der Waals surface area contributed by atoms with Gasteiger partial charge in [0.05, 0.1) is 5.25 Å². The van der Waals surface area contributed by atoms with E-state index in [-0.39, 0.29) is 11.2 Å². The van der Waals surface area contributed by atoms with Crippen molar-refractivity contribution in [3.63, 3.8) is 0 Å². The van der Waals surface area contributed by atoms with Crippen molar-refractivity contribution in [1.29, 1.82) is 0 Å². The zero-order valence-electron chi connectivity index (χ0n) is 12.2. The molecule has 7 heteroatoms. The first-order chi connectivity index (χ1) is 10.6. The summed E-state index contributed by atoms with van der Waals surface area (Å²) in [5, 5.41) is 12.2. The lowest BCUT2D eigenvalue weighted by Gasteiger charge is -2.12. The van der Waals surface area contributed by atoms with E-state index in [2.05, 4.69) is 20.1 Å². The molecule has 2 aromatic rings. The molecular formula is C15H17ClN4OS. The molecule has 1 aliphatic carbocycles. The molecule has 1 atom stereocenters. The van der Waals surface area contributed by atoms with Gasteiger partial charge < -0.3 is 9.88 Å². The number of amides is 1. The van der Waals surface area contributed by atoms with E-state index in [0.717, 1.165) is 10.7 Å². The van der Waals surface area contributed by atoms with Crippen LogP contribution in [-0.4, -0.2) is 25.9 Å². The second-order valence-corrected chi connectivity index (χ2v) is 7.04. The monoisotopic (exact) mass is 336 g/mol. The normalized spacial score (nSPS) is 15.5. The third kappa shape index (κ3) is 3.62. The van der Waals surface area contributed by atoms with Gasteiger partial charge in [0.2, 0.25) is 5.91 Å². The number of nitrogens with zero attached hydrogens (tertiary/aromatic N) is 3. The predicted octanol–water partition coefficient (Wildman–Crippen LogP) is 3.06. The van der Waals surface area contributed by atoms with Crippen LogP contribution in [0.25, 0.3) is 0 Å². The summed E-state index contributed by atoms with van der Waals surface area (Å²) < 4.78 is 2.06. The first-order valence-electron chi connectivity index (χ1n) is 7.22.